The summed E-state index contributed by atoms with van der Waals surface area (Å²) in [6.07, 6.45) is 1.67. The van der Waals surface area contributed by atoms with Gasteiger partial charge < -0.3 is 19.8 Å². The molecule has 0 saturated heterocycles. The summed E-state index contributed by atoms with van der Waals surface area (Å²) in [6, 6.07) is 1.99. The summed E-state index contributed by atoms with van der Waals surface area (Å²) in [7, 11) is 3.29. The second kappa shape index (κ2) is 8.23. The maximum atomic E-state index is 6.08. The van der Waals surface area contributed by atoms with Gasteiger partial charge in [-0.15, -0.1) is 0 Å². The highest BCUT2D eigenvalue weighted by Crippen LogP contribution is 2.34. The Balaban J connectivity index is 0.00000117. The number of imidazole rings is 1. The third-order valence-electron chi connectivity index (χ3n) is 4.04. The number of methoxy groups -OCH3 is 2. The van der Waals surface area contributed by atoms with E-state index >= 15 is 0 Å². The first-order chi connectivity index (χ1) is 12.5. The van der Waals surface area contributed by atoms with Gasteiger partial charge in [-0.2, -0.15) is 9.97 Å². The van der Waals surface area contributed by atoms with Crippen LogP contribution < -0.4 is 15.2 Å². The number of rotatable bonds is 4. The zero-order valence-corrected chi connectivity index (χ0v) is 16.7. The number of hydrogen-bond acceptors (Lipinski definition) is 6. The number of anilines is 1. The molecule has 2 aromatic heterocycles. The predicted molar refractivity (Wildman–Crippen MR) is 104 cm³/mol. The maximum Gasteiger partial charge on any atom is 0.223 e. The molecule has 3 rings (SSSR count). The van der Waals surface area contributed by atoms with Crippen molar-refractivity contribution in [2.45, 2.75) is 34.2 Å². The molecular weight excluding hydrogens is 354 g/mol. The molecule has 0 aliphatic rings. The minimum absolute atomic E-state index is 0.116. The molecule has 0 aliphatic carbocycles. The lowest BCUT2D eigenvalue weighted by Crippen LogP contribution is -2.06. The molecular formula is C18H24ClN5O2. The van der Waals surface area contributed by atoms with Crippen molar-refractivity contribution in [2.75, 3.05) is 20.0 Å². The van der Waals surface area contributed by atoms with E-state index in [9.17, 15) is 0 Å². The van der Waals surface area contributed by atoms with E-state index < -0.39 is 0 Å². The van der Waals surface area contributed by atoms with E-state index in [0.29, 0.717) is 17.7 Å². The minimum Gasteiger partial charge on any atom is -0.496 e. The van der Waals surface area contributed by atoms with E-state index in [-0.39, 0.29) is 11.1 Å². The Morgan fingerprint density at radius 2 is 1.81 bits per heavy atom. The molecule has 0 unspecified atom stereocenters. The van der Waals surface area contributed by atoms with Crippen LogP contribution in [0.4, 0.5) is 5.95 Å². The summed E-state index contributed by atoms with van der Waals surface area (Å²) in [5.74, 6) is 1.69. The van der Waals surface area contributed by atoms with Crippen LogP contribution in [0.5, 0.6) is 11.5 Å². The molecule has 0 aliphatic heterocycles. The first kappa shape index (κ1) is 19.8. The molecule has 3 aromatic rings. The van der Waals surface area contributed by atoms with Gasteiger partial charge in [0.2, 0.25) is 5.95 Å². The fourth-order valence-electron chi connectivity index (χ4n) is 2.82. The van der Waals surface area contributed by atoms with Gasteiger partial charge in [-0.3, -0.25) is 0 Å². The SMILES string of the molecule is CC.COc1cc(Cn2cnc3c(Cl)nc(N)nc32)c(C)c(OC)c1C. The normalized spacial score (nSPS) is 10.4. The van der Waals surface area contributed by atoms with Crippen LogP contribution in [0.25, 0.3) is 11.2 Å². The number of aromatic nitrogens is 4. The molecule has 0 bridgehead atoms. The van der Waals surface area contributed by atoms with Crippen molar-refractivity contribution < 1.29 is 9.47 Å². The van der Waals surface area contributed by atoms with Crippen molar-refractivity contribution in [1.82, 2.24) is 19.5 Å². The number of fused-ring (bicyclic) bond motifs is 1. The summed E-state index contributed by atoms with van der Waals surface area (Å²) in [4.78, 5) is 12.4. The molecule has 0 amide bonds. The summed E-state index contributed by atoms with van der Waals surface area (Å²) in [5.41, 5.74) is 9.84. The first-order valence-corrected chi connectivity index (χ1v) is 8.69. The topological polar surface area (TPSA) is 88.1 Å². The van der Waals surface area contributed by atoms with E-state index in [1.165, 1.54) is 0 Å². The molecule has 1 aromatic carbocycles. The van der Waals surface area contributed by atoms with Gasteiger partial charge >= 0.3 is 0 Å². The number of nitrogens with zero attached hydrogens (tertiary/aromatic N) is 4. The molecule has 0 atom stereocenters. The van der Waals surface area contributed by atoms with Gasteiger partial charge in [-0.25, -0.2) is 4.98 Å². The average molecular weight is 378 g/mol. The monoisotopic (exact) mass is 377 g/mol. The minimum atomic E-state index is 0.116. The zero-order chi connectivity index (χ0) is 19.4. The van der Waals surface area contributed by atoms with E-state index in [1.54, 1.807) is 20.5 Å². The molecule has 8 heteroatoms. The lowest BCUT2D eigenvalue weighted by Gasteiger charge is -2.17. The summed E-state index contributed by atoms with van der Waals surface area (Å²) in [5, 5.41) is 0.243. The van der Waals surface area contributed by atoms with Gasteiger partial charge in [0, 0.05) is 5.56 Å². The second-order valence-electron chi connectivity index (χ2n) is 5.44. The van der Waals surface area contributed by atoms with Gasteiger partial charge in [0.1, 0.15) is 17.0 Å². The van der Waals surface area contributed by atoms with Crippen molar-refractivity contribution in [3.8, 4) is 11.5 Å². The molecule has 2 heterocycles. The van der Waals surface area contributed by atoms with Crippen molar-refractivity contribution >= 4 is 28.7 Å². The molecule has 0 fully saturated rings. The number of halogens is 1. The van der Waals surface area contributed by atoms with E-state index in [0.717, 1.165) is 28.2 Å². The van der Waals surface area contributed by atoms with E-state index in [2.05, 4.69) is 15.0 Å². The van der Waals surface area contributed by atoms with Crippen LogP contribution in [0.2, 0.25) is 5.15 Å². The maximum absolute atomic E-state index is 6.08. The molecule has 0 saturated carbocycles. The van der Waals surface area contributed by atoms with E-state index in [4.69, 9.17) is 26.8 Å². The number of benzene rings is 1. The first-order valence-electron chi connectivity index (χ1n) is 8.31. The Bertz CT molecular complexity index is 924. The van der Waals surface area contributed by atoms with Crippen LogP contribution in [0.3, 0.4) is 0 Å². The van der Waals surface area contributed by atoms with Crippen LogP contribution in [-0.4, -0.2) is 33.7 Å². The zero-order valence-electron chi connectivity index (χ0n) is 15.9. The summed E-state index contributed by atoms with van der Waals surface area (Å²) < 4.78 is 12.9. The highest BCUT2D eigenvalue weighted by atomic mass is 35.5. The standard InChI is InChI=1S/C16H18ClN5O2.C2H6/c1-8-10(5-11(23-3)9(2)13(8)24-4)6-22-7-19-12-14(17)20-16(18)21-15(12)22;1-2/h5,7H,6H2,1-4H3,(H2,18,20,21);1-2H3. The van der Waals surface area contributed by atoms with Crippen molar-refractivity contribution in [2.24, 2.45) is 0 Å². The lowest BCUT2D eigenvalue weighted by atomic mass is 10.0. The number of hydrogen-bond donors (Lipinski definition) is 1. The summed E-state index contributed by atoms with van der Waals surface area (Å²) in [6.45, 7) is 8.51. The van der Waals surface area contributed by atoms with Gasteiger partial charge in [-0.05, 0) is 31.0 Å². The highest BCUT2D eigenvalue weighted by molar-refractivity contribution is 6.33. The van der Waals surface area contributed by atoms with Crippen LogP contribution in [0, 0.1) is 13.8 Å². The lowest BCUT2D eigenvalue weighted by molar-refractivity contribution is 0.385. The van der Waals surface area contributed by atoms with Gasteiger partial charge in [0.15, 0.2) is 10.8 Å². The van der Waals surface area contributed by atoms with Crippen molar-refractivity contribution in [3.63, 3.8) is 0 Å². The van der Waals surface area contributed by atoms with Crippen LogP contribution in [-0.2, 0) is 6.54 Å². The van der Waals surface area contributed by atoms with E-state index in [1.807, 2.05) is 38.3 Å². The Morgan fingerprint density at radius 1 is 1.12 bits per heavy atom. The fraction of sp³-hybridized carbons (Fsp3) is 0.389. The molecule has 26 heavy (non-hydrogen) atoms. The molecule has 7 nitrogen and oxygen atoms in total. The third-order valence-corrected chi connectivity index (χ3v) is 4.30. The Hall–Kier alpha value is -2.54. The number of ether oxygens (including phenoxy) is 2. The number of nitrogens with two attached hydrogens (primary N) is 1. The second-order valence-corrected chi connectivity index (χ2v) is 5.80. The Kier molecular flexibility index (Phi) is 6.26. The van der Waals surface area contributed by atoms with Gasteiger partial charge in [-0.1, -0.05) is 25.4 Å². The third kappa shape index (κ3) is 3.53. The fourth-order valence-corrected chi connectivity index (χ4v) is 3.04. The van der Waals surface area contributed by atoms with Crippen LogP contribution in [0.15, 0.2) is 12.4 Å². The van der Waals surface area contributed by atoms with Gasteiger partial charge in [0.25, 0.3) is 0 Å². The molecule has 0 radical (unpaired) electrons. The highest BCUT2D eigenvalue weighted by Gasteiger charge is 2.16. The quantitative estimate of drug-likeness (QED) is 0.696. The van der Waals surface area contributed by atoms with Crippen molar-refractivity contribution in [3.05, 3.63) is 34.2 Å². The predicted octanol–water partition coefficient (Wildman–Crippen LogP) is 3.77. The smallest absolute Gasteiger partial charge is 0.223 e. The largest absolute Gasteiger partial charge is 0.496 e. The van der Waals surface area contributed by atoms with Crippen LogP contribution >= 0.6 is 11.6 Å². The van der Waals surface area contributed by atoms with Gasteiger partial charge in [0.05, 0.1) is 27.1 Å². The van der Waals surface area contributed by atoms with Crippen LogP contribution in [0.1, 0.15) is 30.5 Å². The van der Waals surface area contributed by atoms with Crippen molar-refractivity contribution in [1.29, 1.82) is 0 Å². The summed E-state index contributed by atoms with van der Waals surface area (Å²) >= 11 is 6.08. The average Bonchev–Trinajstić information content (AvgIpc) is 3.02. The molecule has 0 spiro atoms. The Morgan fingerprint density at radius 3 is 2.42 bits per heavy atom. The number of nitrogen functional groups attached to an aromatic ring is 1. The Labute approximate surface area is 158 Å². The molecule has 2 N–H and O–H groups in total. The molecule has 140 valence electrons.